The zero-order chi connectivity index (χ0) is 15.2. The van der Waals surface area contributed by atoms with Crippen molar-refractivity contribution >= 4 is 8.40 Å². The van der Waals surface area contributed by atoms with E-state index in [2.05, 4.69) is 0 Å². The van der Waals surface area contributed by atoms with Crippen LogP contribution in [0.5, 0.6) is 0 Å². The second-order valence-electron chi connectivity index (χ2n) is 4.88. The van der Waals surface area contributed by atoms with Crippen LogP contribution in [0.25, 0.3) is 0 Å². The number of nitrogens with two attached hydrogens (primary N) is 2. The summed E-state index contributed by atoms with van der Waals surface area (Å²) in [5.41, 5.74) is 0. The third-order valence-electron chi connectivity index (χ3n) is 2.70. The lowest BCUT2D eigenvalue weighted by Gasteiger charge is -2.21. The van der Waals surface area contributed by atoms with Crippen molar-refractivity contribution in [2.45, 2.75) is 63.0 Å². The molecule has 0 spiro atoms. The molecule has 0 unspecified atom stereocenters. The maximum atomic E-state index is 11.9. The van der Waals surface area contributed by atoms with Crippen molar-refractivity contribution in [2.24, 2.45) is 10.8 Å². The summed E-state index contributed by atoms with van der Waals surface area (Å²) in [6.45, 7) is 0. The van der Waals surface area contributed by atoms with Gasteiger partial charge in [0.1, 0.15) is 0 Å². The molecular weight excluding hydrogens is 290 g/mol. The van der Waals surface area contributed by atoms with Crippen molar-refractivity contribution in [1.29, 1.82) is 0 Å². The van der Waals surface area contributed by atoms with Gasteiger partial charge in [0, 0.05) is 12.8 Å². The van der Waals surface area contributed by atoms with Crippen molar-refractivity contribution in [2.75, 3.05) is 0 Å². The van der Waals surface area contributed by atoms with Gasteiger partial charge in [0.2, 0.25) is 0 Å². The van der Waals surface area contributed by atoms with E-state index in [1.54, 1.807) is 0 Å². The molecule has 0 radical (unpaired) electrons. The third-order valence-corrected chi connectivity index (χ3v) is 5.27. The van der Waals surface area contributed by atoms with Gasteiger partial charge in [-0.2, -0.15) is 26.3 Å². The van der Waals surface area contributed by atoms with Gasteiger partial charge >= 0.3 is 12.4 Å². The Morgan fingerprint density at radius 1 is 0.632 bits per heavy atom. The van der Waals surface area contributed by atoms with Crippen molar-refractivity contribution in [3.63, 3.8) is 0 Å². The van der Waals surface area contributed by atoms with Crippen LogP contribution in [0.4, 0.5) is 26.3 Å². The largest absolute Gasteiger partial charge is 0.389 e. The van der Waals surface area contributed by atoms with Gasteiger partial charge in [0.25, 0.3) is 0 Å². The van der Waals surface area contributed by atoms with Crippen molar-refractivity contribution in [1.82, 2.24) is 0 Å². The molecule has 2 nitrogen and oxygen atoms in total. The van der Waals surface area contributed by atoms with Crippen LogP contribution in [0.2, 0.25) is 12.1 Å². The number of hydrogen-bond acceptors (Lipinski definition) is 2. The van der Waals surface area contributed by atoms with Crippen LogP contribution in [0.1, 0.15) is 38.5 Å². The molecule has 0 heterocycles. The lowest BCUT2D eigenvalue weighted by molar-refractivity contribution is -0.136. The first-order valence-electron chi connectivity index (χ1n) is 6.13. The molecule has 0 aliphatic heterocycles. The summed E-state index contributed by atoms with van der Waals surface area (Å²) in [5, 5.41) is 11.5. The first-order chi connectivity index (χ1) is 8.41. The summed E-state index contributed by atoms with van der Waals surface area (Å²) in [4.78, 5) is 0. The first kappa shape index (κ1) is 18.7. The Balaban J connectivity index is 3.69. The number of alkyl halides is 6. The number of unbranched alkanes of at least 4 members (excludes halogenated alkanes) is 2. The second kappa shape index (κ2) is 7.49. The minimum atomic E-state index is -4.18. The van der Waals surface area contributed by atoms with Gasteiger partial charge in [0.15, 0.2) is 8.40 Å². The Labute approximate surface area is 109 Å². The van der Waals surface area contributed by atoms with Gasteiger partial charge in [-0.3, -0.25) is 0 Å². The van der Waals surface area contributed by atoms with Gasteiger partial charge in [-0.05, 0) is 24.9 Å². The summed E-state index contributed by atoms with van der Waals surface area (Å²) in [5.74, 6) is 0. The fourth-order valence-electron chi connectivity index (χ4n) is 1.68. The van der Waals surface area contributed by atoms with Gasteiger partial charge in [0.05, 0.1) is 0 Å². The highest BCUT2D eigenvalue weighted by molar-refractivity contribution is 6.73. The highest BCUT2D eigenvalue weighted by Crippen LogP contribution is 2.25. The molecule has 0 aromatic rings. The van der Waals surface area contributed by atoms with Crippen LogP contribution < -0.4 is 10.8 Å². The molecule has 9 heteroatoms. The van der Waals surface area contributed by atoms with Crippen molar-refractivity contribution in [3.05, 3.63) is 0 Å². The maximum Gasteiger partial charge on any atom is 0.389 e. The van der Waals surface area contributed by atoms with Crippen LogP contribution in [0, 0.1) is 0 Å². The Bertz CT molecular complexity index is 227. The minimum Gasteiger partial charge on any atom is -0.339 e. The molecule has 0 aromatic carbocycles. The lowest BCUT2D eigenvalue weighted by atomic mass is 10.2. The summed E-state index contributed by atoms with van der Waals surface area (Å²) in [6.07, 6.45) is -9.61. The van der Waals surface area contributed by atoms with E-state index in [9.17, 15) is 26.3 Å². The van der Waals surface area contributed by atoms with Crippen LogP contribution in [-0.4, -0.2) is 20.7 Å². The molecule has 0 bridgehead atoms. The number of hydrogen-bond donors (Lipinski definition) is 2. The average molecular weight is 310 g/mol. The zero-order valence-electron chi connectivity index (χ0n) is 10.6. The molecule has 19 heavy (non-hydrogen) atoms. The summed E-state index contributed by atoms with van der Waals surface area (Å²) < 4.78 is 71.3. The second-order valence-corrected chi connectivity index (χ2v) is 8.34. The summed E-state index contributed by atoms with van der Waals surface area (Å²) in [7, 11) is -2.63. The smallest absolute Gasteiger partial charge is 0.339 e. The van der Waals surface area contributed by atoms with Crippen molar-refractivity contribution < 1.29 is 26.3 Å². The van der Waals surface area contributed by atoms with Gasteiger partial charge in [-0.25, -0.2) is 0 Å². The molecule has 0 saturated carbocycles. The summed E-state index contributed by atoms with van der Waals surface area (Å²) in [6, 6.07) is 0.629. The van der Waals surface area contributed by atoms with E-state index < -0.39 is 33.6 Å². The molecule has 4 N–H and O–H groups in total. The Morgan fingerprint density at radius 2 is 0.947 bits per heavy atom. The highest BCUT2D eigenvalue weighted by Gasteiger charge is 2.29. The Hall–Kier alpha value is -0.283. The highest BCUT2D eigenvalue weighted by atomic mass is 28.3. The molecule has 0 aromatic heterocycles. The fourth-order valence-corrected chi connectivity index (χ4v) is 3.75. The predicted octanol–water partition coefficient (Wildman–Crippen LogP) is 3.81. The molecule has 0 atom stereocenters. The molecular formula is C10H20F6N2Si. The van der Waals surface area contributed by atoms with Crippen LogP contribution in [0.3, 0.4) is 0 Å². The zero-order valence-corrected chi connectivity index (χ0v) is 11.6. The van der Waals surface area contributed by atoms with E-state index in [-0.39, 0.29) is 25.7 Å². The van der Waals surface area contributed by atoms with Crippen LogP contribution in [0.15, 0.2) is 0 Å². The van der Waals surface area contributed by atoms with E-state index in [1.807, 2.05) is 0 Å². The molecule has 0 amide bonds. The van der Waals surface area contributed by atoms with E-state index in [4.69, 9.17) is 10.8 Å². The molecule has 0 rings (SSSR count). The SMILES string of the molecule is N[Si](N)(CCCCC(F)(F)F)CCCCC(F)(F)F. The fraction of sp³-hybridized carbons (Fsp3) is 1.00. The average Bonchev–Trinajstić information content (AvgIpc) is 2.17. The van der Waals surface area contributed by atoms with Crippen LogP contribution >= 0.6 is 0 Å². The monoisotopic (exact) mass is 310 g/mol. The molecule has 0 aliphatic rings. The van der Waals surface area contributed by atoms with Gasteiger partial charge in [-0.1, -0.05) is 12.8 Å². The van der Waals surface area contributed by atoms with Gasteiger partial charge in [-0.15, -0.1) is 0 Å². The Kier molecular flexibility index (Phi) is 7.37. The maximum absolute atomic E-state index is 11.9. The standard InChI is InChI=1S/C10H20F6N2Si/c11-9(12,13)5-1-3-7-19(17,18)8-4-2-6-10(14,15)16/h1-8,17-18H2. The third kappa shape index (κ3) is 13.9. The minimum absolute atomic E-state index is 0.0325. The van der Waals surface area contributed by atoms with Crippen molar-refractivity contribution in [3.8, 4) is 0 Å². The Morgan fingerprint density at radius 3 is 1.21 bits per heavy atom. The lowest BCUT2D eigenvalue weighted by Crippen LogP contribution is -2.55. The first-order valence-corrected chi connectivity index (χ1v) is 8.69. The predicted molar refractivity (Wildman–Crippen MR) is 63.6 cm³/mol. The quantitative estimate of drug-likeness (QED) is 0.407. The van der Waals surface area contributed by atoms with E-state index in [1.165, 1.54) is 0 Å². The van der Waals surface area contributed by atoms with Crippen LogP contribution in [-0.2, 0) is 0 Å². The van der Waals surface area contributed by atoms with Gasteiger partial charge < -0.3 is 10.8 Å². The topological polar surface area (TPSA) is 52.0 Å². The molecule has 116 valence electrons. The van der Waals surface area contributed by atoms with E-state index in [0.29, 0.717) is 12.1 Å². The van der Waals surface area contributed by atoms with E-state index >= 15 is 0 Å². The number of rotatable bonds is 8. The van der Waals surface area contributed by atoms with E-state index in [0.717, 1.165) is 0 Å². The normalized spacial score (nSPS) is 13.9. The molecule has 0 saturated heterocycles. The summed E-state index contributed by atoms with van der Waals surface area (Å²) >= 11 is 0. The number of halogens is 6. The molecule has 0 aliphatic carbocycles. The molecule has 0 fully saturated rings.